The Morgan fingerprint density at radius 3 is 2.31 bits per heavy atom. The molecule has 0 bridgehead atoms. The zero-order valence-electron chi connectivity index (χ0n) is 19.2. The van der Waals surface area contributed by atoms with Crippen LogP contribution in [0.4, 0.5) is 0 Å². The van der Waals surface area contributed by atoms with Gasteiger partial charge in [-0.2, -0.15) is 0 Å². The molecule has 0 spiro atoms. The smallest absolute Gasteiger partial charge is 0.247 e. The molecule has 6 heteroatoms. The van der Waals surface area contributed by atoms with Gasteiger partial charge in [0.15, 0.2) is 0 Å². The van der Waals surface area contributed by atoms with Crippen LogP contribution in [0, 0.1) is 13.8 Å². The molecule has 6 nitrogen and oxygen atoms in total. The number of carbonyl (C=O) groups excluding carboxylic acids is 2. The fourth-order valence-corrected chi connectivity index (χ4v) is 4.80. The highest BCUT2D eigenvalue weighted by molar-refractivity contribution is 5.91. The molecule has 1 saturated carbocycles. The second-order valence-corrected chi connectivity index (χ2v) is 8.91. The number of benzene rings is 2. The summed E-state index contributed by atoms with van der Waals surface area (Å²) in [6, 6.07) is 13.6. The average molecular weight is 438 g/mol. The Balaban J connectivity index is 1.58. The van der Waals surface area contributed by atoms with Crippen molar-refractivity contribution in [3.63, 3.8) is 0 Å². The first-order valence-corrected chi connectivity index (χ1v) is 11.5. The van der Waals surface area contributed by atoms with Gasteiger partial charge in [-0.05, 0) is 80.3 Å². The van der Waals surface area contributed by atoms with Gasteiger partial charge in [-0.3, -0.25) is 14.6 Å². The van der Waals surface area contributed by atoms with Crippen molar-refractivity contribution >= 4 is 11.8 Å². The lowest BCUT2D eigenvalue weighted by molar-refractivity contribution is -0.148. The molecule has 1 aliphatic rings. The van der Waals surface area contributed by atoms with Gasteiger partial charge in [-0.1, -0.05) is 43.2 Å². The van der Waals surface area contributed by atoms with Gasteiger partial charge in [-0.25, -0.2) is 5.84 Å². The summed E-state index contributed by atoms with van der Waals surface area (Å²) in [6.07, 6.45) is 5.44. The highest BCUT2D eigenvalue weighted by atomic mass is 16.3. The fourth-order valence-electron chi connectivity index (χ4n) is 4.80. The summed E-state index contributed by atoms with van der Waals surface area (Å²) in [5, 5.41) is 14.0. The standard InChI is InChI=1S/C26H35N3O3/c1-19-17-22(30)18-20(2)23(19)12-13-24(31)29(27)26(14-6-7-15-26)25(32)28-16-8-11-21-9-4-3-5-10-21/h3-5,9-10,17-18,30H,6-8,11-16,27H2,1-2H3,(H,28,32). The van der Waals surface area contributed by atoms with Crippen molar-refractivity contribution in [2.24, 2.45) is 5.84 Å². The summed E-state index contributed by atoms with van der Waals surface area (Å²) in [4.78, 5) is 26.1. The molecule has 0 aromatic heterocycles. The number of hydrogen-bond acceptors (Lipinski definition) is 4. The number of nitrogens with one attached hydrogen (secondary N) is 1. The summed E-state index contributed by atoms with van der Waals surface area (Å²) >= 11 is 0. The van der Waals surface area contributed by atoms with E-state index in [1.165, 1.54) is 10.6 Å². The van der Waals surface area contributed by atoms with Crippen molar-refractivity contribution in [1.29, 1.82) is 0 Å². The van der Waals surface area contributed by atoms with Crippen LogP contribution >= 0.6 is 0 Å². The van der Waals surface area contributed by atoms with Gasteiger partial charge in [0.1, 0.15) is 11.3 Å². The van der Waals surface area contributed by atoms with E-state index in [-0.39, 0.29) is 24.0 Å². The van der Waals surface area contributed by atoms with Crippen LogP contribution in [0.25, 0.3) is 0 Å². The number of rotatable bonds is 9. The van der Waals surface area contributed by atoms with E-state index in [0.29, 0.717) is 25.8 Å². The maximum atomic E-state index is 13.1. The number of amides is 2. The topological polar surface area (TPSA) is 95.7 Å². The van der Waals surface area contributed by atoms with Crippen LogP contribution in [0.1, 0.15) is 60.8 Å². The molecule has 0 heterocycles. The largest absolute Gasteiger partial charge is 0.508 e. The van der Waals surface area contributed by atoms with Gasteiger partial charge < -0.3 is 10.4 Å². The Hall–Kier alpha value is -2.86. The number of aryl methyl sites for hydroxylation is 3. The Kier molecular flexibility index (Phi) is 7.91. The summed E-state index contributed by atoms with van der Waals surface area (Å²) < 4.78 is 0. The number of nitrogens with two attached hydrogens (primary N) is 1. The third kappa shape index (κ3) is 5.49. The quantitative estimate of drug-likeness (QED) is 0.241. The minimum absolute atomic E-state index is 0.143. The molecule has 172 valence electrons. The highest BCUT2D eigenvalue weighted by Crippen LogP contribution is 2.34. The molecule has 0 aliphatic heterocycles. The van der Waals surface area contributed by atoms with Gasteiger partial charge in [0.25, 0.3) is 0 Å². The van der Waals surface area contributed by atoms with Crippen LogP contribution in [0.2, 0.25) is 0 Å². The molecule has 0 saturated heterocycles. The molecule has 3 rings (SSSR count). The van der Waals surface area contributed by atoms with Crippen molar-refractivity contribution in [3.8, 4) is 5.75 Å². The Bertz CT molecular complexity index is 914. The van der Waals surface area contributed by atoms with Crippen LogP contribution in [0.3, 0.4) is 0 Å². The number of hydrazine groups is 1. The second-order valence-electron chi connectivity index (χ2n) is 8.91. The van der Waals surface area contributed by atoms with Crippen molar-refractivity contribution in [3.05, 3.63) is 64.7 Å². The van der Waals surface area contributed by atoms with Crippen molar-refractivity contribution in [1.82, 2.24) is 10.3 Å². The van der Waals surface area contributed by atoms with Crippen LogP contribution in [-0.2, 0) is 22.4 Å². The second kappa shape index (κ2) is 10.6. The Morgan fingerprint density at radius 2 is 1.69 bits per heavy atom. The lowest BCUT2D eigenvalue weighted by Crippen LogP contribution is -2.62. The Labute approximate surface area is 190 Å². The normalized spacial score (nSPS) is 14.8. The van der Waals surface area contributed by atoms with Crippen molar-refractivity contribution in [2.75, 3.05) is 6.54 Å². The van der Waals surface area contributed by atoms with Crippen LogP contribution in [0.15, 0.2) is 42.5 Å². The molecule has 0 radical (unpaired) electrons. The monoisotopic (exact) mass is 437 g/mol. The molecule has 2 aromatic carbocycles. The molecular weight excluding hydrogens is 402 g/mol. The summed E-state index contributed by atoms with van der Waals surface area (Å²) in [5.74, 6) is 6.16. The van der Waals surface area contributed by atoms with Crippen LogP contribution in [-0.4, -0.2) is 34.0 Å². The first-order valence-electron chi connectivity index (χ1n) is 11.5. The number of hydrogen-bond donors (Lipinski definition) is 3. The zero-order chi connectivity index (χ0) is 23.1. The Morgan fingerprint density at radius 1 is 1.06 bits per heavy atom. The fraction of sp³-hybridized carbons (Fsp3) is 0.462. The predicted molar refractivity (Wildman–Crippen MR) is 126 cm³/mol. The number of phenolic OH excluding ortho intramolecular Hbond substituents is 1. The van der Waals surface area contributed by atoms with Crippen molar-refractivity contribution < 1.29 is 14.7 Å². The highest BCUT2D eigenvalue weighted by Gasteiger charge is 2.47. The first kappa shape index (κ1) is 23.8. The number of aromatic hydroxyl groups is 1. The van der Waals surface area contributed by atoms with Gasteiger partial charge in [0, 0.05) is 13.0 Å². The first-order chi connectivity index (χ1) is 15.3. The zero-order valence-corrected chi connectivity index (χ0v) is 19.2. The third-order valence-corrected chi connectivity index (χ3v) is 6.62. The van der Waals surface area contributed by atoms with Crippen molar-refractivity contribution in [2.45, 2.75) is 70.8 Å². The molecule has 0 atom stereocenters. The van der Waals surface area contributed by atoms with E-state index < -0.39 is 5.54 Å². The number of nitrogens with zero attached hydrogens (tertiary/aromatic N) is 1. The predicted octanol–water partition coefficient (Wildman–Crippen LogP) is 3.71. The van der Waals surface area contributed by atoms with Crippen LogP contribution < -0.4 is 11.2 Å². The van der Waals surface area contributed by atoms with Gasteiger partial charge in [-0.15, -0.1) is 0 Å². The number of phenols is 1. The summed E-state index contributed by atoms with van der Waals surface area (Å²) in [6.45, 7) is 4.41. The molecule has 2 aromatic rings. The molecule has 2 amide bonds. The van der Waals surface area contributed by atoms with Gasteiger partial charge in [0.2, 0.25) is 11.8 Å². The SMILES string of the molecule is Cc1cc(O)cc(C)c1CCC(=O)N(N)C1(C(=O)NCCCc2ccccc2)CCCC1. The molecule has 0 unspecified atom stereocenters. The third-order valence-electron chi connectivity index (χ3n) is 6.62. The van der Waals surface area contributed by atoms with E-state index in [1.54, 1.807) is 12.1 Å². The molecule has 4 N–H and O–H groups in total. The van der Waals surface area contributed by atoms with E-state index in [4.69, 9.17) is 5.84 Å². The van der Waals surface area contributed by atoms with Gasteiger partial charge >= 0.3 is 0 Å². The number of carbonyl (C=O) groups is 2. The molecule has 1 fully saturated rings. The van der Waals surface area contributed by atoms with Gasteiger partial charge in [0.05, 0.1) is 0 Å². The summed E-state index contributed by atoms with van der Waals surface area (Å²) in [7, 11) is 0. The minimum atomic E-state index is -0.955. The molecular formula is C26H35N3O3. The van der Waals surface area contributed by atoms with E-state index in [0.717, 1.165) is 42.4 Å². The van der Waals surface area contributed by atoms with Crippen LogP contribution in [0.5, 0.6) is 5.75 Å². The average Bonchev–Trinajstić information content (AvgIpc) is 3.27. The lowest BCUT2D eigenvalue weighted by atomic mass is 9.93. The minimum Gasteiger partial charge on any atom is -0.508 e. The maximum absolute atomic E-state index is 13.1. The molecule has 32 heavy (non-hydrogen) atoms. The van der Waals surface area contributed by atoms with E-state index in [9.17, 15) is 14.7 Å². The maximum Gasteiger partial charge on any atom is 0.247 e. The summed E-state index contributed by atoms with van der Waals surface area (Å²) in [5.41, 5.74) is 3.22. The van der Waals surface area contributed by atoms with E-state index >= 15 is 0 Å². The lowest BCUT2D eigenvalue weighted by Gasteiger charge is -2.36. The van der Waals surface area contributed by atoms with E-state index in [1.807, 2.05) is 32.0 Å². The van der Waals surface area contributed by atoms with E-state index in [2.05, 4.69) is 17.4 Å². The molecule has 1 aliphatic carbocycles.